The van der Waals surface area contributed by atoms with Gasteiger partial charge in [0.25, 0.3) is 0 Å². The van der Waals surface area contributed by atoms with E-state index in [4.69, 9.17) is 0 Å². The molecule has 0 radical (unpaired) electrons. The van der Waals surface area contributed by atoms with Gasteiger partial charge in [0, 0.05) is 24.3 Å². The summed E-state index contributed by atoms with van der Waals surface area (Å²) in [4.78, 5) is 18.5. The molecule has 2 atom stereocenters. The second-order valence-electron chi connectivity index (χ2n) is 6.25. The quantitative estimate of drug-likeness (QED) is 0.894. The molecule has 0 bridgehead atoms. The molecule has 2 N–H and O–H groups in total. The number of piperidine rings is 1. The van der Waals surface area contributed by atoms with Crippen LogP contribution in [0.1, 0.15) is 47.3 Å². The molecule has 2 aliphatic rings. The number of hydrogen-bond donors (Lipinski definition) is 2. The Morgan fingerprint density at radius 3 is 2.90 bits per heavy atom. The van der Waals surface area contributed by atoms with Gasteiger partial charge in [-0.15, -0.1) is 0 Å². The average molecular weight is 289 g/mol. The van der Waals surface area contributed by atoms with Crippen LogP contribution in [-0.2, 0) is 0 Å². The normalized spacial score (nSPS) is 25.6. The zero-order chi connectivity index (χ0) is 15.0. The molecule has 0 amide bonds. The highest BCUT2D eigenvalue weighted by molar-refractivity contribution is 5.94. The second-order valence-corrected chi connectivity index (χ2v) is 6.25. The highest BCUT2D eigenvalue weighted by atomic mass is 16.4. The Kier molecular flexibility index (Phi) is 3.85. The third-order valence-electron chi connectivity index (χ3n) is 4.74. The van der Waals surface area contributed by atoms with E-state index < -0.39 is 5.97 Å². The van der Waals surface area contributed by atoms with Gasteiger partial charge in [-0.05, 0) is 51.3 Å². The van der Waals surface area contributed by atoms with Gasteiger partial charge in [-0.25, -0.2) is 9.78 Å². The molecule has 0 aliphatic carbocycles. The number of carboxylic acid groups (broad SMARTS) is 1. The molecule has 21 heavy (non-hydrogen) atoms. The summed E-state index contributed by atoms with van der Waals surface area (Å²) in [5.41, 5.74) is 1.95. The number of nitrogens with one attached hydrogen (secondary N) is 1. The van der Waals surface area contributed by atoms with Crippen LogP contribution in [0.15, 0.2) is 6.07 Å². The van der Waals surface area contributed by atoms with Gasteiger partial charge in [0.05, 0.1) is 0 Å². The fourth-order valence-corrected chi connectivity index (χ4v) is 3.80. The lowest BCUT2D eigenvalue weighted by Gasteiger charge is -2.33. The topological polar surface area (TPSA) is 65.5 Å². The monoisotopic (exact) mass is 289 g/mol. The number of aromatic nitrogens is 1. The summed E-state index contributed by atoms with van der Waals surface area (Å²) in [6.07, 6.45) is 4.82. The average Bonchev–Trinajstić information content (AvgIpc) is 2.81. The second kappa shape index (κ2) is 5.64. The number of rotatable bonds is 3. The molecule has 5 nitrogen and oxygen atoms in total. The molecular formula is C16H23N3O2. The number of carboxylic acids is 1. The van der Waals surface area contributed by atoms with Crippen LogP contribution in [0.2, 0.25) is 0 Å². The van der Waals surface area contributed by atoms with E-state index in [9.17, 15) is 9.90 Å². The molecule has 2 unspecified atom stereocenters. The van der Waals surface area contributed by atoms with E-state index in [-0.39, 0.29) is 0 Å². The third-order valence-corrected chi connectivity index (χ3v) is 4.74. The summed E-state index contributed by atoms with van der Waals surface area (Å²) < 4.78 is 0. The van der Waals surface area contributed by atoms with Crippen LogP contribution in [-0.4, -0.2) is 46.1 Å². The van der Waals surface area contributed by atoms with Gasteiger partial charge >= 0.3 is 5.97 Å². The zero-order valence-electron chi connectivity index (χ0n) is 12.7. The summed E-state index contributed by atoms with van der Waals surface area (Å²) in [6, 6.07) is 2.68. The van der Waals surface area contributed by atoms with Crippen LogP contribution in [0.25, 0.3) is 0 Å². The summed E-state index contributed by atoms with van der Waals surface area (Å²) in [6.45, 7) is 6.03. The summed E-state index contributed by atoms with van der Waals surface area (Å²) in [5.74, 6) is -0.363. The maximum atomic E-state index is 11.5. The maximum absolute atomic E-state index is 11.5. The highest BCUT2D eigenvalue weighted by Crippen LogP contribution is 2.30. The van der Waals surface area contributed by atoms with E-state index in [1.54, 1.807) is 0 Å². The van der Waals surface area contributed by atoms with Crippen molar-refractivity contribution in [2.75, 3.05) is 18.4 Å². The van der Waals surface area contributed by atoms with Gasteiger partial charge in [-0.2, -0.15) is 0 Å². The first-order chi connectivity index (χ1) is 10.1. The number of anilines is 1. The van der Waals surface area contributed by atoms with Crippen molar-refractivity contribution in [1.82, 2.24) is 9.88 Å². The lowest BCUT2D eigenvalue weighted by atomic mass is 9.98. The Morgan fingerprint density at radius 1 is 1.33 bits per heavy atom. The minimum absolute atomic E-state index is 0.315. The summed E-state index contributed by atoms with van der Waals surface area (Å²) in [5, 5.41) is 12.9. The Balaban J connectivity index is 1.86. The first-order valence-corrected chi connectivity index (χ1v) is 7.78. The Morgan fingerprint density at radius 2 is 2.14 bits per heavy atom. The van der Waals surface area contributed by atoms with Crippen LogP contribution in [0, 0.1) is 13.8 Å². The Labute approximate surface area is 125 Å². The minimum Gasteiger partial charge on any atom is -0.478 e. The molecule has 2 saturated heterocycles. The molecule has 3 heterocycles. The van der Waals surface area contributed by atoms with Crippen LogP contribution in [0.5, 0.6) is 0 Å². The van der Waals surface area contributed by atoms with E-state index in [0.717, 1.165) is 24.2 Å². The predicted molar refractivity (Wildman–Crippen MR) is 81.9 cm³/mol. The highest BCUT2D eigenvalue weighted by Gasteiger charge is 2.36. The van der Waals surface area contributed by atoms with Gasteiger partial charge in [0.15, 0.2) is 0 Å². The van der Waals surface area contributed by atoms with Crippen molar-refractivity contribution in [3.8, 4) is 0 Å². The van der Waals surface area contributed by atoms with E-state index in [2.05, 4.69) is 15.2 Å². The molecule has 0 spiro atoms. The summed E-state index contributed by atoms with van der Waals surface area (Å²) in [7, 11) is 0. The number of nitrogens with zero attached hydrogens (tertiary/aromatic N) is 2. The van der Waals surface area contributed by atoms with E-state index in [1.807, 2.05) is 19.9 Å². The Bertz CT molecular complexity index is 559. The van der Waals surface area contributed by atoms with Crippen molar-refractivity contribution in [1.29, 1.82) is 0 Å². The molecule has 5 heteroatoms. The van der Waals surface area contributed by atoms with Gasteiger partial charge in [-0.1, -0.05) is 6.42 Å². The molecule has 0 aromatic carbocycles. The number of fused-ring (bicyclic) bond motifs is 1. The molecule has 114 valence electrons. The zero-order valence-corrected chi connectivity index (χ0v) is 12.7. The van der Waals surface area contributed by atoms with Crippen molar-refractivity contribution in [2.24, 2.45) is 0 Å². The van der Waals surface area contributed by atoms with E-state index >= 15 is 0 Å². The number of pyridine rings is 1. The maximum Gasteiger partial charge on any atom is 0.339 e. The summed E-state index contributed by atoms with van der Waals surface area (Å²) >= 11 is 0. The third kappa shape index (κ3) is 2.75. The predicted octanol–water partition coefficient (Wildman–Crippen LogP) is 2.44. The molecular weight excluding hydrogens is 266 g/mol. The van der Waals surface area contributed by atoms with Crippen LogP contribution >= 0.6 is 0 Å². The molecule has 3 rings (SSSR count). The first kappa shape index (κ1) is 14.3. The lowest BCUT2D eigenvalue weighted by molar-refractivity contribution is 0.0696. The first-order valence-electron chi connectivity index (χ1n) is 7.78. The van der Waals surface area contributed by atoms with Gasteiger partial charge < -0.3 is 10.4 Å². The van der Waals surface area contributed by atoms with Crippen LogP contribution in [0.4, 0.5) is 5.82 Å². The van der Waals surface area contributed by atoms with Gasteiger partial charge in [0.2, 0.25) is 0 Å². The van der Waals surface area contributed by atoms with Crippen LogP contribution < -0.4 is 5.32 Å². The molecule has 1 aromatic rings. The van der Waals surface area contributed by atoms with Crippen molar-refractivity contribution < 1.29 is 9.90 Å². The Hall–Kier alpha value is -1.62. The SMILES string of the molecule is Cc1cc(C)c(C(=O)O)c(NC2CCN3CCCCC23)n1. The molecule has 2 aliphatic heterocycles. The van der Waals surface area contributed by atoms with Crippen molar-refractivity contribution >= 4 is 11.8 Å². The largest absolute Gasteiger partial charge is 0.478 e. The van der Waals surface area contributed by atoms with Crippen LogP contribution in [0.3, 0.4) is 0 Å². The number of carbonyl (C=O) groups is 1. The molecule has 1 aromatic heterocycles. The molecule has 0 saturated carbocycles. The van der Waals surface area contributed by atoms with E-state index in [1.165, 1.54) is 25.8 Å². The number of aromatic carboxylic acids is 1. The number of hydrogen-bond acceptors (Lipinski definition) is 4. The fraction of sp³-hybridized carbons (Fsp3) is 0.625. The van der Waals surface area contributed by atoms with Gasteiger partial charge in [0.1, 0.15) is 11.4 Å². The van der Waals surface area contributed by atoms with E-state index in [0.29, 0.717) is 23.5 Å². The van der Waals surface area contributed by atoms with Crippen molar-refractivity contribution in [3.05, 3.63) is 22.9 Å². The number of aryl methyl sites for hydroxylation is 2. The minimum atomic E-state index is -0.902. The molecule has 2 fully saturated rings. The van der Waals surface area contributed by atoms with Gasteiger partial charge in [-0.3, -0.25) is 4.90 Å². The smallest absolute Gasteiger partial charge is 0.339 e. The standard InChI is InChI=1S/C16H23N3O2/c1-10-9-11(2)17-15(14(10)16(20)21)18-12-6-8-19-7-4-3-5-13(12)19/h9,12-13H,3-8H2,1-2H3,(H,17,18)(H,20,21). The van der Waals surface area contributed by atoms with Crippen molar-refractivity contribution in [3.63, 3.8) is 0 Å². The van der Waals surface area contributed by atoms with Crippen molar-refractivity contribution in [2.45, 2.75) is 51.6 Å². The lowest BCUT2D eigenvalue weighted by Crippen LogP contribution is -2.42. The fourth-order valence-electron chi connectivity index (χ4n) is 3.80.